The van der Waals surface area contributed by atoms with E-state index in [-0.39, 0.29) is 17.4 Å². The number of hydrogen-bond acceptors (Lipinski definition) is 6. The molecule has 1 atom stereocenters. The van der Waals surface area contributed by atoms with Gasteiger partial charge in [0.1, 0.15) is 22.0 Å². The highest BCUT2D eigenvalue weighted by Gasteiger charge is 2.41. The van der Waals surface area contributed by atoms with E-state index < -0.39 is 22.0 Å². The summed E-state index contributed by atoms with van der Waals surface area (Å²) in [6.45, 7) is 0.290. The van der Waals surface area contributed by atoms with Crippen LogP contribution in [0.25, 0.3) is 0 Å². The normalized spacial score (nSPS) is 18.4. The molecule has 2 aromatic heterocycles. The van der Waals surface area contributed by atoms with Crippen LogP contribution in [0.4, 0.5) is 0 Å². The number of nitrogens with zero attached hydrogens (tertiary/aromatic N) is 2. The van der Waals surface area contributed by atoms with Crippen molar-refractivity contribution in [2.45, 2.75) is 29.7 Å². The molecule has 3 heterocycles. The Morgan fingerprint density at radius 1 is 1.32 bits per heavy atom. The number of thiophene rings is 1. The van der Waals surface area contributed by atoms with Gasteiger partial charge in [0.15, 0.2) is 0 Å². The third-order valence-electron chi connectivity index (χ3n) is 3.76. The second-order valence-electron chi connectivity index (χ2n) is 5.43. The molecular weight excluding hydrogens is 407 g/mol. The molecule has 0 spiro atoms. The number of halogens is 2. The van der Waals surface area contributed by atoms with E-state index in [1.165, 1.54) is 22.6 Å². The zero-order chi connectivity index (χ0) is 18.0. The van der Waals surface area contributed by atoms with Gasteiger partial charge in [0.25, 0.3) is 10.0 Å². The molecule has 134 valence electrons. The van der Waals surface area contributed by atoms with Crippen LogP contribution in [-0.2, 0) is 26.2 Å². The van der Waals surface area contributed by atoms with E-state index in [1.54, 1.807) is 12.1 Å². The molecule has 0 amide bonds. The summed E-state index contributed by atoms with van der Waals surface area (Å²) in [5.74, 6) is -0.571. The Labute approximate surface area is 159 Å². The fourth-order valence-corrected chi connectivity index (χ4v) is 5.93. The molecule has 10 heteroatoms. The lowest BCUT2D eigenvalue weighted by Gasteiger charge is -2.21. The fourth-order valence-electron chi connectivity index (χ4n) is 2.56. The standard InChI is InChI=1S/C15H14Cl2N2O4S2/c16-12-4-3-10(8-18-12)9-23-15(20)11-2-1-7-19(11)25(21,22)14-6-5-13(17)24-14/h3-6,8,11H,1-2,7,9H2. The van der Waals surface area contributed by atoms with Gasteiger partial charge in [0.2, 0.25) is 0 Å². The second kappa shape index (κ2) is 7.59. The van der Waals surface area contributed by atoms with Crippen molar-refractivity contribution in [3.63, 3.8) is 0 Å². The van der Waals surface area contributed by atoms with Gasteiger partial charge in [-0.2, -0.15) is 4.31 Å². The minimum atomic E-state index is -3.76. The molecule has 0 aromatic carbocycles. The molecular formula is C15H14Cl2N2O4S2. The lowest BCUT2D eigenvalue weighted by atomic mass is 10.2. The number of pyridine rings is 1. The molecule has 1 aliphatic heterocycles. The third-order valence-corrected chi connectivity index (χ3v) is 7.59. The molecule has 1 unspecified atom stereocenters. The van der Waals surface area contributed by atoms with Crippen LogP contribution in [0.2, 0.25) is 9.49 Å². The fraction of sp³-hybridized carbons (Fsp3) is 0.333. The Bertz CT molecular complexity index is 868. The van der Waals surface area contributed by atoms with Gasteiger partial charge >= 0.3 is 5.97 Å². The molecule has 1 saturated heterocycles. The highest BCUT2D eigenvalue weighted by molar-refractivity contribution is 7.91. The SMILES string of the molecule is O=C(OCc1ccc(Cl)nc1)C1CCCN1S(=O)(=O)c1ccc(Cl)s1. The van der Waals surface area contributed by atoms with Gasteiger partial charge in [-0.05, 0) is 31.0 Å². The average Bonchev–Trinajstić information content (AvgIpc) is 3.23. The summed E-state index contributed by atoms with van der Waals surface area (Å²) in [5, 5.41) is 0.345. The number of hydrogen-bond donors (Lipinski definition) is 0. The number of esters is 1. The summed E-state index contributed by atoms with van der Waals surface area (Å²) in [6, 6.07) is 5.43. The first-order valence-corrected chi connectivity index (χ1v) is 10.4. The van der Waals surface area contributed by atoms with Crippen molar-refractivity contribution in [2.75, 3.05) is 6.54 Å². The maximum absolute atomic E-state index is 12.7. The minimum Gasteiger partial charge on any atom is -0.460 e. The molecule has 0 radical (unpaired) electrons. The maximum atomic E-state index is 12.7. The van der Waals surface area contributed by atoms with E-state index in [9.17, 15) is 13.2 Å². The van der Waals surface area contributed by atoms with Crippen LogP contribution in [-0.4, -0.2) is 36.3 Å². The minimum absolute atomic E-state index is 0.0121. The predicted molar refractivity (Wildman–Crippen MR) is 95.3 cm³/mol. The smallest absolute Gasteiger partial charge is 0.324 e. The third kappa shape index (κ3) is 4.15. The van der Waals surface area contributed by atoms with E-state index >= 15 is 0 Å². The highest BCUT2D eigenvalue weighted by atomic mass is 35.5. The Kier molecular flexibility index (Phi) is 5.65. The molecule has 2 aromatic rings. The Morgan fingerprint density at radius 2 is 2.12 bits per heavy atom. The number of sulfonamides is 1. The van der Waals surface area contributed by atoms with Crippen molar-refractivity contribution in [1.29, 1.82) is 0 Å². The van der Waals surface area contributed by atoms with Gasteiger partial charge in [-0.1, -0.05) is 29.3 Å². The van der Waals surface area contributed by atoms with Gasteiger partial charge < -0.3 is 4.74 Å². The van der Waals surface area contributed by atoms with E-state index in [2.05, 4.69) is 4.98 Å². The number of aromatic nitrogens is 1. The maximum Gasteiger partial charge on any atom is 0.324 e. The van der Waals surface area contributed by atoms with E-state index in [0.717, 1.165) is 11.3 Å². The number of ether oxygens (including phenoxy) is 1. The molecule has 1 fully saturated rings. The quantitative estimate of drug-likeness (QED) is 0.547. The summed E-state index contributed by atoms with van der Waals surface area (Å²) >= 11 is 12.5. The Balaban J connectivity index is 1.70. The van der Waals surface area contributed by atoms with Gasteiger partial charge in [0.05, 0.1) is 4.34 Å². The molecule has 25 heavy (non-hydrogen) atoms. The Morgan fingerprint density at radius 3 is 2.76 bits per heavy atom. The van der Waals surface area contributed by atoms with Crippen molar-refractivity contribution < 1.29 is 17.9 Å². The van der Waals surface area contributed by atoms with Crippen molar-refractivity contribution in [1.82, 2.24) is 9.29 Å². The summed E-state index contributed by atoms with van der Waals surface area (Å²) in [4.78, 5) is 16.3. The van der Waals surface area contributed by atoms with Gasteiger partial charge in [-0.25, -0.2) is 13.4 Å². The van der Waals surface area contributed by atoms with E-state index in [4.69, 9.17) is 27.9 Å². The van der Waals surface area contributed by atoms with Crippen LogP contribution in [0.1, 0.15) is 18.4 Å². The zero-order valence-corrected chi connectivity index (χ0v) is 16.0. The lowest BCUT2D eigenvalue weighted by molar-refractivity contribution is -0.148. The van der Waals surface area contributed by atoms with Gasteiger partial charge in [0, 0.05) is 18.3 Å². The van der Waals surface area contributed by atoms with Crippen LogP contribution in [0.5, 0.6) is 0 Å². The van der Waals surface area contributed by atoms with Gasteiger partial charge in [-0.3, -0.25) is 4.79 Å². The number of carbonyl (C=O) groups is 1. The number of rotatable bonds is 5. The summed E-state index contributed by atoms with van der Waals surface area (Å²) in [7, 11) is -3.76. The van der Waals surface area contributed by atoms with Crippen molar-refractivity contribution >= 4 is 50.5 Å². The topological polar surface area (TPSA) is 76.6 Å². The van der Waals surface area contributed by atoms with Crippen molar-refractivity contribution in [2.24, 2.45) is 0 Å². The van der Waals surface area contributed by atoms with E-state index in [0.29, 0.717) is 27.9 Å². The largest absolute Gasteiger partial charge is 0.460 e. The van der Waals surface area contributed by atoms with Gasteiger partial charge in [-0.15, -0.1) is 11.3 Å². The Hall–Kier alpha value is -1.19. The second-order valence-corrected chi connectivity index (χ2v) is 9.65. The first-order chi connectivity index (χ1) is 11.9. The molecule has 1 aliphatic rings. The molecule has 0 saturated carbocycles. The lowest BCUT2D eigenvalue weighted by Crippen LogP contribution is -2.41. The van der Waals surface area contributed by atoms with Crippen molar-refractivity contribution in [3.05, 3.63) is 45.5 Å². The first kappa shape index (κ1) is 18.6. The van der Waals surface area contributed by atoms with Crippen LogP contribution in [0.15, 0.2) is 34.7 Å². The molecule has 0 N–H and O–H groups in total. The molecule has 6 nitrogen and oxygen atoms in total. The average molecular weight is 421 g/mol. The van der Waals surface area contributed by atoms with Crippen molar-refractivity contribution in [3.8, 4) is 0 Å². The molecule has 3 rings (SSSR count). The predicted octanol–water partition coefficient (Wildman–Crippen LogP) is 3.35. The monoisotopic (exact) mass is 420 g/mol. The zero-order valence-electron chi connectivity index (χ0n) is 12.9. The van der Waals surface area contributed by atoms with Crippen LogP contribution in [0, 0.1) is 0 Å². The van der Waals surface area contributed by atoms with E-state index in [1.807, 2.05) is 0 Å². The van der Waals surface area contributed by atoms with Crippen LogP contribution in [0.3, 0.4) is 0 Å². The number of carbonyl (C=O) groups excluding carboxylic acids is 1. The van der Waals surface area contributed by atoms with Crippen LogP contribution >= 0.6 is 34.5 Å². The summed E-state index contributed by atoms with van der Waals surface area (Å²) in [6.07, 6.45) is 2.53. The summed E-state index contributed by atoms with van der Waals surface area (Å²) in [5.41, 5.74) is 0.676. The first-order valence-electron chi connectivity index (χ1n) is 7.42. The highest BCUT2D eigenvalue weighted by Crippen LogP contribution is 2.32. The van der Waals surface area contributed by atoms with Crippen LogP contribution < -0.4 is 0 Å². The molecule has 0 bridgehead atoms. The summed E-state index contributed by atoms with van der Waals surface area (Å²) < 4.78 is 32.4. The molecule has 0 aliphatic carbocycles.